The molecule has 27 heavy (non-hydrogen) atoms. The number of amides is 5. The largest absolute Gasteiger partial charge is 0.493 e. The molecule has 1 aliphatic heterocycles. The molecule has 0 spiro atoms. The summed E-state index contributed by atoms with van der Waals surface area (Å²) in [6.45, 7) is -2.09. The minimum absolute atomic E-state index is 0.0220. The fourth-order valence-corrected chi connectivity index (χ4v) is 2.38. The van der Waals surface area contributed by atoms with Crippen LogP contribution in [0.3, 0.4) is 0 Å². The first kappa shape index (κ1) is 20.1. The van der Waals surface area contributed by atoms with Gasteiger partial charge in [0.25, 0.3) is 0 Å². The Kier molecular flexibility index (Phi) is 6.27. The first-order valence-corrected chi connectivity index (χ1v) is 7.84. The molecular formula is C16H17F2N3O6. The fraction of sp³-hybridized carbons (Fsp3) is 0.375. The van der Waals surface area contributed by atoms with Gasteiger partial charge in [0.2, 0.25) is 5.91 Å². The van der Waals surface area contributed by atoms with Crippen LogP contribution in [0.2, 0.25) is 0 Å². The summed E-state index contributed by atoms with van der Waals surface area (Å²) in [4.78, 5) is 48.5. The molecule has 1 aromatic carbocycles. The third-order valence-electron chi connectivity index (χ3n) is 3.69. The molecule has 0 unspecified atom stereocenters. The van der Waals surface area contributed by atoms with Crippen LogP contribution in [-0.2, 0) is 20.9 Å². The molecule has 1 heterocycles. The van der Waals surface area contributed by atoms with Gasteiger partial charge in [-0.3, -0.25) is 19.3 Å². The lowest BCUT2D eigenvalue weighted by atomic mass is 10.2. The highest BCUT2D eigenvalue weighted by atomic mass is 19.3. The van der Waals surface area contributed by atoms with E-state index in [2.05, 4.69) is 10.1 Å². The van der Waals surface area contributed by atoms with Crippen molar-refractivity contribution >= 4 is 23.8 Å². The van der Waals surface area contributed by atoms with E-state index in [-0.39, 0.29) is 24.6 Å². The number of carbonyl (C=O) groups excluding carboxylic acids is 4. The Morgan fingerprint density at radius 1 is 1.15 bits per heavy atom. The second-order valence-corrected chi connectivity index (χ2v) is 5.36. The smallest absolute Gasteiger partial charge is 0.387 e. The number of alkyl halides is 2. The summed E-state index contributed by atoms with van der Waals surface area (Å²) >= 11 is 0. The third kappa shape index (κ3) is 4.49. The van der Waals surface area contributed by atoms with Crippen LogP contribution in [0.4, 0.5) is 13.6 Å². The number of urea groups is 1. The quantitative estimate of drug-likeness (QED) is 0.522. The third-order valence-corrected chi connectivity index (χ3v) is 3.69. The average Bonchev–Trinajstić information content (AvgIpc) is 2.83. The van der Waals surface area contributed by atoms with Gasteiger partial charge in [-0.1, -0.05) is 6.07 Å². The lowest BCUT2D eigenvalue weighted by molar-refractivity contribution is -0.143. The molecule has 5 amide bonds. The van der Waals surface area contributed by atoms with Crippen LogP contribution >= 0.6 is 0 Å². The van der Waals surface area contributed by atoms with E-state index in [1.165, 1.54) is 32.2 Å². The van der Waals surface area contributed by atoms with Crippen molar-refractivity contribution in [2.45, 2.75) is 20.1 Å². The van der Waals surface area contributed by atoms with Gasteiger partial charge in [-0.05, 0) is 24.6 Å². The molecule has 1 fully saturated rings. The highest BCUT2D eigenvalue weighted by Gasteiger charge is 2.44. The van der Waals surface area contributed by atoms with Gasteiger partial charge in [0.05, 0.1) is 7.11 Å². The first-order chi connectivity index (χ1) is 12.8. The van der Waals surface area contributed by atoms with E-state index < -0.39 is 36.9 Å². The second-order valence-electron chi connectivity index (χ2n) is 5.36. The van der Waals surface area contributed by atoms with E-state index in [4.69, 9.17) is 4.74 Å². The summed E-state index contributed by atoms with van der Waals surface area (Å²) in [5.41, 5.74) is 0.507. The molecule has 0 saturated carbocycles. The van der Waals surface area contributed by atoms with Crippen LogP contribution in [0.1, 0.15) is 12.5 Å². The summed E-state index contributed by atoms with van der Waals surface area (Å²) in [7, 11) is 1.27. The van der Waals surface area contributed by atoms with Gasteiger partial charge in [0.1, 0.15) is 6.54 Å². The van der Waals surface area contributed by atoms with Gasteiger partial charge in [0.15, 0.2) is 11.5 Å². The molecule has 0 atom stereocenters. The number of hydrogen-bond donors (Lipinski definition) is 1. The molecule has 0 aliphatic carbocycles. The summed E-state index contributed by atoms with van der Waals surface area (Å²) in [5, 5.41) is 2.47. The summed E-state index contributed by atoms with van der Waals surface area (Å²) in [6.07, 6.45) is 0. The highest BCUT2D eigenvalue weighted by molar-refractivity contribution is 6.45. The predicted molar refractivity (Wildman–Crippen MR) is 86.0 cm³/mol. The van der Waals surface area contributed by atoms with Crippen molar-refractivity contribution in [1.82, 2.24) is 15.1 Å². The molecule has 0 aromatic heterocycles. The normalized spacial score (nSPS) is 14.2. The molecule has 1 aliphatic rings. The minimum Gasteiger partial charge on any atom is -0.493 e. The van der Waals surface area contributed by atoms with Crippen molar-refractivity contribution < 1.29 is 37.4 Å². The Morgan fingerprint density at radius 3 is 2.37 bits per heavy atom. The Morgan fingerprint density at radius 2 is 1.81 bits per heavy atom. The van der Waals surface area contributed by atoms with E-state index in [0.29, 0.717) is 10.5 Å². The van der Waals surface area contributed by atoms with Crippen molar-refractivity contribution in [2.24, 2.45) is 0 Å². The number of rotatable bonds is 8. The first-order valence-electron chi connectivity index (χ1n) is 7.84. The molecule has 0 bridgehead atoms. The van der Waals surface area contributed by atoms with Gasteiger partial charge in [-0.2, -0.15) is 8.78 Å². The van der Waals surface area contributed by atoms with Crippen LogP contribution in [0.5, 0.6) is 11.5 Å². The molecule has 1 saturated heterocycles. The molecule has 146 valence electrons. The number of halogens is 2. The van der Waals surface area contributed by atoms with Gasteiger partial charge in [-0.25, -0.2) is 9.69 Å². The van der Waals surface area contributed by atoms with E-state index in [1.807, 2.05) is 0 Å². The molecule has 2 rings (SSSR count). The van der Waals surface area contributed by atoms with Crippen LogP contribution in [0, 0.1) is 0 Å². The van der Waals surface area contributed by atoms with E-state index >= 15 is 0 Å². The van der Waals surface area contributed by atoms with Crippen molar-refractivity contribution in [1.29, 1.82) is 0 Å². The standard InChI is InChI=1S/C16H17F2N3O6/c1-3-20-13(23)14(24)21(16(20)25)8-12(22)19-7-9-4-5-10(27-15(17)18)11(6-9)26-2/h4-6,15H,3,7-8H2,1-2H3,(H,19,22). The maximum atomic E-state index is 12.3. The molecule has 11 heteroatoms. The van der Waals surface area contributed by atoms with Crippen LogP contribution in [-0.4, -0.2) is 60.4 Å². The van der Waals surface area contributed by atoms with Crippen LogP contribution < -0.4 is 14.8 Å². The van der Waals surface area contributed by atoms with Gasteiger partial charge in [-0.15, -0.1) is 0 Å². The zero-order chi connectivity index (χ0) is 20.1. The van der Waals surface area contributed by atoms with Crippen molar-refractivity contribution in [2.75, 3.05) is 20.2 Å². The number of methoxy groups -OCH3 is 1. The molecule has 0 radical (unpaired) electrons. The van der Waals surface area contributed by atoms with E-state index in [0.717, 1.165) is 4.90 Å². The zero-order valence-corrected chi connectivity index (χ0v) is 14.5. The number of nitrogens with zero attached hydrogens (tertiary/aromatic N) is 2. The molecule has 1 aromatic rings. The number of nitrogens with one attached hydrogen (secondary N) is 1. The monoisotopic (exact) mass is 385 g/mol. The predicted octanol–water partition coefficient (Wildman–Crippen LogP) is 0.724. The second kappa shape index (κ2) is 8.43. The summed E-state index contributed by atoms with van der Waals surface area (Å²) in [6, 6.07) is 3.25. The van der Waals surface area contributed by atoms with Crippen molar-refractivity contribution in [3.8, 4) is 11.5 Å². The number of likely N-dealkylation sites (N-methyl/N-ethyl adjacent to an activating group) is 1. The van der Waals surface area contributed by atoms with Crippen molar-refractivity contribution in [3.05, 3.63) is 23.8 Å². The Balaban J connectivity index is 1.97. The number of imide groups is 2. The number of hydrogen-bond acceptors (Lipinski definition) is 6. The average molecular weight is 385 g/mol. The Hall–Kier alpha value is -3.24. The number of benzene rings is 1. The van der Waals surface area contributed by atoms with Gasteiger partial charge >= 0.3 is 24.5 Å². The van der Waals surface area contributed by atoms with E-state index in [9.17, 15) is 28.0 Å². The van der Waals surface area contributed by atoms with E-state index in [1.54, 1.807) is 0 Å². The lowest BCUT2D eigenvalue weighted by Crippen LogP contribution is -2.41. The zero-order valence-electron chi connectivity index (χ0n) is 14.5. The minimum atomic E-state index is -3.01. The number of carbonyl (C=O) groups is 4. The van der Waals surface area contributed by atoms with Crippen molar-refractivity contribution in [3.63, 3.8) is 0 Å². The lowest BCUT2D eigenvalue weighted by Gasteiger charge is -2.14. The maximum Gasteiger partial charge on any atom is 0.387 e. The van der Waals surface area contributed by atoms with Crippen LogP contribution in [0.15, 0.2) is 18.2 Å². The topological polar surface area (TPSA) is 105 Å². The maximum absolute atomic E-state index is 12.3. The summed E-state index contributed by atoms with van der Waals surface area (Å²) < 4.78 is 33.9. The highest BCUT2D eigenvalue weighted by Crippen LogP contribution is 2.29. The van der Waals surface area contributed by atoms with Gasteiger partial charge in [0, 0.05) is 13.1 Å². The molecular weight excluding hydrogens is 368 g/mol. The Bertz CT molecular complexity index is 771. The molecule has 1 N–H and O–H groups in total. The fourth-order valence-electron chi connectivity index (χ4n) is 2.38. The Labute approximate surface area is 152 Å². The number of ether oxygens (including phenoxy) is 2. The van der Waals surface area contributed by atoms with Gasteiger partial charge < -0.3 is 14.8 Å². The van der Waals surface area contributed by atoms with Crippen LogP contribution in [0.25, 0.3) is 0 Å². The SMILES string of the molecule is CCN1C(=O)C(=O)N(CC(=O)NCc2ccc(OC(F)F)c(OC)c2)C1=O. The molecule has 9 nitrogen and oxygen atoms in total. The summed E-state index contributed by atoms with van der Waals surface area (Å²) in [5.74, 6) is -2.82.